The molecule has 3 aromatic rings. The highest BCUT2D eigenvalue weighted by molar-refractivity contribution is 8.18. The van der Waals surface area contributed by atoms with E-state index >= 15 is 0 Å². The molecule has 4 rings (SSSR count). The molecule has 3 aromatic carbocycles. The van der Waals surface area contributed by atoms with E-state index in [4.69, 9.17) is 32.7 Å². The largest absolute Gasteiger partial charge is 0.492 e. The Bertz CT molecular complexity index is 1340. The van der Waals surface area contributed by atoms with Crippen molar-refractivity contribution in [3.8, 4) is 11.5 Å². The Balaban J connectivity index is 1.41. The molecule has 0 aliphatic carbocycles. The van der Waals surface area contributed by atoms with Gasteiger partial charge in [-0.25, -0.2) is 4.79 Å². The number of carbonyl (C=O) groups excluding carboxylic acids is 3. The first kappa shape index (κ1) is 24.9. The number of thioether (sulfide) groups is 1. The van der Waals surface area contributed by atoms with Crippen LogP contribution in [0, 0.1) is 6.92 Å². The van der Waals surface area contributed by atoms with E-state index in [0.717, 1.165) is 22.2 Å². The Morgan fingerprint density at radius 1 is 1.00 bits per heavy atom. The number of ether oxygens (including phenoxy) is 2. The first-order valence-corrected chi connectivity index (χ1v) is 12.1. The van der Waals surface area contributed by atoms with Gasteiger partial charge in [0.1, 0.15) is 18.1 Å². The summed E-state index contributed by atoms with van der Waals surface area (Å²) in [5.41, 5.74) is 1.83. The highest BCUT2D eigenvalue weighted by Gasteiger charge is 2.34. The molecule has 1 saturated heterocycles. The topological polar surface area (TPSA) is 72.9 Å². The predicted molar refractivity (Wildman–Crippen MR) is 137 cm³/mol. The number of hydrogen-bond acceptors (Lipinski definition) is 6. The van der Waals surface area contributed by atoms with Crippen molar-refractivity contribution >= 4 is 58.2 Å². The lowest BCUT2D eigenvalue weighted by Crippen LogP contribution is -2.32. The second kappa shape index (κ2) is 11.0. The SMILES string of the molecule is Cc1cccc(OCCN2C(=O)S/C(=C\c3cccc(OC(=O)c4ccc(Cl)cc4Cl)c3)C2=O)c1. The lowest BCUT2D eigenvalue weighted by atomic mass is 10.2. The van der Waals surface area contributed by atoms with Crippen molar-refractivity contribution in [3.63, 3.8) is 0 Å². The second-order valence-corrected chi connectivity index (χ2v) is 9.42. The molecule has 178 valence electrons. The van der Waals surface area contributed by atoms with Crippen molar-refractivity contribution in [3.05, 3.63) is 98.4 Å². The summed E-state index contributed by atoms with van der Waals surface area (Å²) in [5, 5.41) is 0.219. The van der Waals surface area contributed by atoms with Gasteiger partial charge in [0, 0.05) is 5.02 Å². The summed E-state index contributed by atoms with van der Waals surface area (Å²) >= 11 is 12.8. The predicted octanol–water partition coefficient (Wildman–Crippen LogP) is 6.64. The van der Waals surface area contributed by atoms with E-state index in [0.29, 0.717) is 16.3 Å². The molecule has 0 spiro atoms. The standard InChI is InChI=1S/C26H19Cl2NO5S/c1-16-4-2-6-19(12-16)33-11-10-29-24(30)23(35-26(29)32)14-17-5-3-7-20(13-17)34-25(31)21-9-8-18(27)15-22(21)28/h2-9,12-15H,10-11H2,1H3/b23-14-. The van der Waals surface area contributed by atoms with Gasteiger partial charge in [-0.2, -0.15) is 0 Å². The van der Waals surface area contributed by atoms with Crippen molar-refractivity contribution in [2.45, 2.75) is 6.92 Å². The third-order valence-electron chi connectivity index (χ3n) is 4.96. The van der Waals surface area contributed by atoms with Gasteiger partial charge in [0.2, 0.25) is 0 Å². The number of carbonyl (C=O) groups is 3. The van der Waals surface area contributed by atoms with E-state index in [9.17, 15) is 14.4 Å². The zero-order valence-electron chi connectivity index (χ0n) is 18.5. The number of benzene rings is 3. The fraction of sp³-hybridized carbons (Fsp3) is 0.115. The molecule has 0 radical (unpaired) electrons. The number of nitrogens with zero attached hydrogens (tertiary/aromatic N) is 1. The number of aryl methyl sites for hydroxylation is 1. The van der Waals surface area contributed by atoms with Crippen LogP contribution < -0.4 is 9.47 Å². The normalized spacial score (nSPS) is 14.5. The smallest absolute Gasteiger partial charge is 0.345 e. The lowest BCUT2D eigenvalue weighted by molar-refractivity contribution is -0.123. The number of esters is 1. The summed E-state index contributed by atoms with van der Waals surface area (Å²) in [5.74, 6) is -0.0970. The fourth-order valence-corrected chi connectivity index (χ4v) is 4.64. The van der Waals surface area contributed by atoms with Gasteiger partial charge in [-0.3, -0.25) is 14.5 Å². The molecule has 1 heterocycles. The Morgan fingerprint density at radius 3 is 2.54 bits per heavy atom. The van der Waals surface area contributed by atoms with Gasteiger partial charge in [0.05, 0.1) is 22.0 Å². The maximum Gasteiger partial charge on any atom is 0.345 e. The molecule has 0 aromatic heterocycles. The minimum Gasteiger partial charge on any atom is -0.492 e. The van der Waals surface area contributed by atoms with Crippen LogP contribution in [-0.4, -0.2) is 35.2 Å². The van der Waals surface area contributed by atoms with Crippen LogP contribution in [0.25, 0.3) is 6.08 Å². The van der Waals surface area contributed by atoms with Gasteiger partial charge >= 0.3 is 5.97 Å². The molecule has 1 fully saturated rings. The Labute approximate surface area is 216 Å². The van der Waals surface area contributed by atoms with E-state index in [-0.39, 0.29) is 39.6 Å². The molecule has 35 heavy (non-hydrogen) atoms. The molecule has 1 aliphatic rings. The van der Waals surface area contributed by atoms with Crippen LogP contribution in [0.3, 0.4) is 0 Å². The molecule has 6 nitrogen and oxygen atoms in total. The van der Waals surface area contributed by atoms with Gasteiger partial charge < -0.3 is 9.47 Å². The van der Waals surface area contributed by atoms with Crippen LogP contribution in [0.5, 0.6) is 11.5 Å². The molecule has 1 aliphatic heterocycles. The average molecular weight is 528 g/mol. The van der Waals surface area contributed by atoms with E-state index in [1.54, 1.807) is 36.4 Å². The fourth-order valence-electron chi connectivity index (χ4n) is 3.29. The van der Waals surface area contributed by atoms with Crippen LogP contribution in [0.2, 0.25) is 10.0 Å². The Hall–Kier alpha value is -3.26. The van der Waals surface area contributed by atoms with Crippen LogP contribution in [-0.2, 0) is 4.79 Å². The highest BCUT2D eigenvalue weighted by atomic mass is 35.5. The molecule has 0 N–H and O–H groups in total. The average Bonchev–Trinajstić information content (AvgIpc) is 3.06. The molecule has 0 atom stereocenters. The summed E-state index contributed by atoms with van der Waals surface area (Å²) in [6, 6.07) is 18.6. The first-order valence-electron chi connectivity index (χ1n) is 10.5. The van der Waals surface area contributed by atoms with Gasteiger partial charge in [-0.1, -0.05) is 47.5 Å². The monoisotopic (exact) mass is 527 g/mol. The summed E-state index contributed by atoms with van der Waals surface area (Å²) in [7, 11) is 0. The quantitative estimate of drug-likeness (QED) is 0.195. The van der Waals surface area contributed by atoms with Crippen LogP contribution >= 0.6 is 35.0 Å². The second-order valence-electron chi connectivity index (χ2n) is 7.58. The molecule has 0 unspecified atom stereocenters. The van der Waals surface area contributed by atoms with E-state index in [2.05, 4.69) is 0 Å². The number of rotatable bonds is 7. The maximum atomic E-state index is 12.8. The minimum absolute atomic E-state index is 0.134. The van der Waals surface area contributed by atoms with Crippen LogP contribution in [0.15, 0.2) is 71.6 Å². The van der Waals surface area contributed by atoms with Crippen molar-refractivity contribution in [1.82, 2.24) is 4.90 Å². The lowest BCUT2D eigenvalue weighted by Gasteiger charge is -2.13. The highest BCUT2D eigenvalue weighted by Crippen LogP contribution is 2.32. The summed E-state index contributed by atoms with van der Waals surface area (Å²) in [4.78, 5) is 39.1. The van der Waals surface area contributed by atoms with Crippen molar-refractivity contribution in [1.29, 1.82) is 0 Å². The van der Waals surface area contributed by atoms with Gasteiger partial charge in [0.25, 0.3) is 11.1 Å². The van der Waals surface area contributed by atoms with Crippen molar-refractivity contribution in [2.24, 2.45) is 0 Å². The van der Waals surface area contributed by atoms with Crippen molar-refractivity contribution < 1.29 is 23.9 Å². The third kappa shape index (κ3) is 6.25. The van der Waals surface area contributed by atoms with Gasteiger partial charge in [0.15, 0.2) is 0 Å². The zero-order chi connectivity index (χ0) is 24.9. The molecule has 0 saturated carbocycles. The third-order valence-corrected chi connectivity index (χ3v) is 6.42. The van der Waals surface area contributed by atoms with E-state index < -0.39 is 11.9 Å². The number of imide groups is 1. The van der Waals surface area contributed by atoms with Crippen molar-refractivity contribution in [2.75, 3.05) is 13.2 Å². The summed E-state index contributed by atoms with van der Waals surface area (Å²) < 4.78 is 11.1. The molecule has 0 bridgehead atoms. The molecular weight excluding hydrogens is 509 g/mol. The Kier molecular flexibility index (Phi) is 7.80. The number of amides is 2. The van der Waals surface area contributed by atoms with Gasteiger partial charge in [-0.15, -0.1) is 0 Å². The summed E-state index contributed by atoms with van der Waals surface area (Å²) in [6.45, 7) is 2.28. The Morgan fingerprint density at radius 2 is 1.77 bits per heavy atom. The summed E-state index contributed by atoms with van der Waals surface area (Å²) in [6.07, 6.45) is 1.58. The minimum atomic E-state index is -0.641. The molecule has 2 amide bonds. The number of hydrogen-bond donors (Lipinski definition) is 0. The first-order chi connectivity index (χ1) is 16.8. The van der Waals surface area contributed by atoms with E-state index in [1.807, 2.05) is 31.2 Å². The maximum absolute atomic E-state index is 12.8. The van der Waals surface area contributed by atoms with Crippen LogP contribution in [0.4, 0.5) is 4.79 Å². The zero-order valence-corrected chi connectivity index (χ0v) is 20.8. The van der Waals surface area contributed by atoms with Gasteiger partial charge in [-0.05, 0) is 78.4 Å². The van der Waals surface area contributed by atoms with Crippen LogP contribution in [0.1, 0.15) is 21.5 Å². The number of halogens is 2. The molecule has 9 heteroatoms. The molecular formula is C26H19Cl2NO5S. The van der Waals surface area contributed by atoms with E-state index in [1.165, 1.54) is 12.1 Å².